The average molecular weight is 356 g/mol. The molecule has 1 rings (SSSR count). The molecule has 1 aromatic rings. The predicted molar refractivity (Wildman–Crippen MR) is 61.9 cm³/mol. The molecule has 0 unspecified atom stereocenters. The van der Waals surface area contributed by atoms with Gasteiger partial charge in [-0.2, -0.15) is 0 Å². The van der Waals surface area contributed by atoms with E-state index in [0.717, 1.165) is 8.04 Å². The topological polar surface area (TPSA) is 52.3 Å². The number of hydrogen-bond acceptors (Lipinski definition) is 2. The van der Waals surface area contributed by atoms with Gasteiger partial charge < -0.3 is 10.5 Å². The van der Waals surface area contributed by atoms with E-state index in [4.69, 9.17) is 10.5 Å². The second-order valence-corrected chi connectivity index (χ2v) is 4.35. The Kier molecular flexibility index (Phi) is 3.55. The van der Waals surface area contributed by atoms with Gasteiger partial charge in [0.1, 0.15) is 5.75 Å². The summed E-state index contributed by atoms with van der Waals surface area (Å²) in [5.74, 6) is 0.157. The van der Waals surface area contributed by atoms with Crippen molar-refractivity contribution in [2.24, 2.45) is 5.73 Å². The minimum Gasteiger partial charge on any atom is -0.496 e. The van der Waals surface area contributed by atoms with Crippen LogP contribution >= 0.6 is 38.5 Å². The summed E-state index contributed by atoms with van der Waals surface area (Å²) in [7, 11) is 1.54. The molecular weight excluding hydrogens is 349 g/mol. The van der Waals surface area contributed by atoms with Crippen molar-refractivity contribution in [2.45, 2.75) is 0 Å². The third-order valence-corrected chi connectivity index (χ3v) is 3.02. The van der Waals surface area contributed by atoms with E-state index in [9.17, 15) is 4.79 Å². The molecule has 0 aliphatic rings. The van der Waals surface area contributed by atoms with Crippen molar-refractivity contribution in [3.05, 3.63) is 25.7 Å². The van der Waals surface area contributed by atoms with Gasteiger partial charge in [-0.15, -0.1) is 0 Å². The van der Waals surface area contributed by atoms with E-state index in [1.54, 1.807) is 12.1 Å². The first-order valence-corrected chi connectivity index (χ1v) is 5.26. The maximum absolute atomic E-state index is 10.9. The summed E-state index contributed by atoms with van der Waals surface area (Å²) in [4.78, 5) is 10.9. The molecule has 0 saturated carbocycles. The zero-order valence-electron chi connectivity index (χ0n) is 6.80. The third kappa shape index (κ3) is 2.34. The van der Waals surface area contributed by atoms with E-state index < -0.39 is 5.91 Å². The average Bonchev–Trinajstić information content (AvgIpc) is 2.03. The van der Waals surface area contributed by atoms with Crippen LogP contribution in [0.25, 0.3) is 0 Å². The molecule has 0 spiro atoms. The van der Waals surface area contributed by atoms with Gasteiger partial charge in [0.25, 0.3) is 0 Å². The number of halogens is 2. The number of methoxy groups -OCH3 is 1. The molecule has 0 saturated heterocycles. The summed E-state index contributed by atoms with van der Waals surface area (Å²) in [5.41, 5.74) is 5.65. The lowest BCUT2D eigenvalue weighted by molar-refractivity contribution is 0.0999. The molecule has 0 aromatic heterocycles. The van der Waals surface area contributed by atoms with Crippen LogP contribution in [0.5, 0.6) is 5.75 Å². The van der Waals surface area contributed by atoms with Crippen molar-refractivity contribution in [3.8, 4) is 5.75 Å². The largest absolute Gasteiger partial charge is 0.496 e. The minimum atomic E-state index is -0.449. The molecular formula is C8H7BrINO2. The highest BCUT2D eigenvalue weighted by Gasteiger charge is 2.10. The lowest BCUT2D eigenvalue weighted by atomic mass is 10.2. The molecule has 1 aromatic carbocycles. The van der Waals surface area contributed by atoms with Crippen LogP contribution in [0.2, 0.25) is 0 Å². The number of rotatable bonds is 2. The number of carbonyl (C=O) groups excluding carboxylic acids is 1. The molecule has 13 heavy (non-hydrogen) atoms. The molecule has 0 bridgehead atoms. The van der Waals surface area contributed by atoms with Crippen molar-refractivity contribution < 1.29 is 9.53 Å². The standard InChI is InChI=1S/C8H7BrINO2/c1-13-7-2-4(8(11)12)6(10)3-5(7)9/h2-3H,1H3,(H2,11,12). The summed E-state index contributed by atoms with van der Waals surface area (Å²) in [6.07, 6.45) is 0. The zero-order chi connectivity index (χ0) is 10.0. The minimum absolute atomic E-state index is 0.449. The first kappa shape index (κ1) is 10.8. The van der Waals surface area contributed by atoms with Crippen molar-refractivity contribution in [1.82, 2.24) is 0 Å². The van der Waals surface area contributed by atoms with Crippen LogP contribution in [0.15, 0.2) is 16.6 Å². The Labute approximate surface area is 97.9 Å². The van der Waals surface area contributed by atoms with Crippen LogP contribution < -0.4 is 10.5 Å². The number of ether oxygens (including phenoxy) is 1. The molecule has 1 amide bonds. The van der Waals surface area contributed by atoms with E-state index in [1.807, 2.05) is 22.6 Å². The van der Waals surface area contributed by atoms with Crippen LogP contribution in [-0.2, 0) is 0 Å². The summed E-state index contributed by atoms with van der Waals surface area (Å²) < 4.78 is 6.65. The Balaban J connectivity index is 3.30. The Morgan fingerprint density at radius 2 is 2.23 bits per heavy atom. The molecule has 0 atom stereocenters. The molecule has 70 valence electrons. The molecule has 0 fully saturated rings. The molecule has 0 aliphatic carbocycles. The Bertz CT molecular complexity index is 354. The summed E-state index contributed by atoms with van der Waals surface area (Å²) in [6, 6.07) is 3.41. The fraction of sp³-hybridized carbons (Fsp3) is 0.125. The SMILES string of the molecule is COc1cc(C(N)=O)c(I)cc1Br. The van der Waals surface area contributed by atoms with Gasteiger partial charge in [0.15, 0.2) is 0 Å². The molecule has 2 N–H and O–H groups in total. The molecule has 0 aliphatic heterocycles. The van der Waals surface area contributed by atoms with Crippen molar-refractivity contribution in [3.63, 3.8) is 0 Å². The van der Waals surface area contributed by atoms with Gasteiger partial charge >= 0.3 is 0 Å². The Morgan fingerprint density at radius 3 is 2.69 bits per heavy atom. The van der Waals surface area contributed by atoms with Crippen LogP contribution in [0.1, 0.15) is 10.4 Å². The van der Waals surface area contributed by atoms with Gasteiger partial charge in [-0.1, -0.05) is 0 Å². The normalized spacial score (nSPS) is 9.77. The van der Waals surface area contributed by atoms with Crippen molar-refractivity contribution in [2.75, 3.05) is 7.11 Å². The number of carbonyl (C=O) groups is 1. The van der Waals surface area contributed by atoms with Crippen molar-refractivity contribution >= 4 is 44.4 Å². The molecule has 3 nitrogen and oxygen atoms in total. The van der Waals surface area contributed by atoms with Crippen LogP contribution in [-0.4, -0.2) is 13.0 Å². The lowest BCUT2D eigenvalue weighted by Gasteiger charge is -2.06. The fourth-order valence-corrected chi connectivity index (χ4v) is 2.54. The van der Waals surface area contributed by atoms with E-state index in [-0.39, 0.29) is 0 Å². The highest BCUT2D eigenvalue weighted by Crippen LogP contribution is 2.29. The number of primary amides is 1. The number of amides is 1. The van der Waals surface area contributed by atoms with E-state index in [0.29, 0.717) is 11.3 Å². The van der Waals surface area contributed by atoms with E-state index >= 15 is 0 Å². The van der Waals surface area contributed by atoms with Crippen LogP contribution in [0.3, 0.4) is 0 Å². The highest BCUT2D eigenvalue weighted by molar-refractivity contribution is 14.1. The zero-order valence-corrected chi connectivity index (χ0v) is 10.5. The fourth-order valence-electron chi connectivity index (χ4n) is 0.874. The summed E-state index contributed by atoms with van der Waals surface area (Å²) in [6.45, 7) is 0. The Hall–Kier alpha value is -0.300. The number of nitrogens with two attached hydrogens (primary N) is 1. The lowest BCUT2D eigenvalue weighted by Crippen LogP contribution is -2.12. The molecule has 5 heteroatoms. The smallest absolute Gasteiger partial charge is 0.249 e. The quantitative estimate of drug-likeness (QED) is 0.826. The predicted octanol–water partition coefficient (Wildman–Crippen LogP) is 2.16. The Morgan fingerprint density at radius 1 is 1.62 bits per heavy atom. The first-order valence-electron chi connectivity index (χ1n) is 3.39. The van der Waals surface area contributed by atoms with Crippen LogP contribution in [0.4, 0.5) is 0 Å². The van der Waals surface area contributed by atoms with Gasteiger partial charge in [-0.25, -0.2) is 0 Å². The van der Waals surface area contributed by atoms with E-state index in [2.05, 4.69) is 15.9 Å². The van der Waals surface area contributed by atoms with Gasteiger partial charge in [0.2, 0.25) is 5.91 Å². The third-order valence-electron chi connectivity index (χ3n) is 1.51. The first-order chi connectivity index (χ1) is 6.06. The number of hydrogen-bond donors (Lipinski definition) is 1. The van der Waals surface area contributed by atoms with Gasteiger partial charge in [-0.05, 0) is 50.7 Å². The second-order valence-electron chi connectivity index (χ2n) is 2.33. The maximum Gasteiger partial charge on any atom is 0.249 e. The molecule has 0 radical (unpaired) electrons. The summed E-state index contributed by atoms with van der Waals surface area (Å²) in [5, 5.41) is 0. The van der Waals surface area contributed by atoms with Gasteiger partial charge in [0, 0.05) is 3.57 Å². The monoisotopic (exact) mass is 355 g/mol. The van der Waals surface area contributed by atoms with E-state index in [1.165, 1.54) is 7.11 Å². The van der Waals surface area contributed by atoms with Crippen LogP contribution in [0, 0.1) is 3.57 Å². The highest BCUT2D eigenvalue weighted by atomic mass is 127. The second kappa shape index (κ2) is 4.28. The van der Waals surface area contributed by atoms with Crippen molar-refractivity contribution in [1.29, 1.82) is 0 Å². The summed E-state index contributed by atoms with van der Waals surface area (Å²) >= 11 is 5.36. The number of benzene rings is 1. The van der Waals surface area contributed by atoms with Gasteiger partial charge in [0.05, 0.1) is 17.1 Å². The molecule has 0 heterocycles. The van der Waals surface area contributed by atoms with Gasteiger partial charge in [-0.3, -0.25) is 4.79 Å². The maximum atomic E-state index is 10.9.